The number of phenols is 1. The van der Waals surface area contributed by atoms with Crippen LogP contribution in [0.3, 0.4) is 0 Å². The summed E-state index contributed by atoms with van der Waals surface area (Å²) >= 11 is 0. The van der Waals surface area contributed by atoms with E-state index in [0.717, 1.165) is 5.56 Å². The third-order valence-electron chi connectivity index (χ3n) is 5.09. The van der Waals surface area contributed by atoms with E-state index >= 15 is 0 Å². The number of carbonyl (C=O) groups excluding carboxylic acids is 2. The maximum atomic E-state index is 13.2. The molecule has 0 aliphatic rings. The molecule has 0 saturated heterocycles. The summed E-state index contributed by atoms with van der Waals surface area (Å²) in [6.45, 7) is 2.00. The quantitative estimate of drug-likeness (QED) is 0.203. The monoisotopic (exact) mass is 458 g/mol. The van der Waals surface area contributed by atoms with E-state index in [-0.39, 0.29) is 23.5 Å². The van der Waals surface area contributed by atoms with E-state index in [1.54, 1.807) is 43.3 Å². The van der Waals surface area contributed by atoms with Gasteiger partial charge in [-0.3, -0.25) is 9.59 Å². The molecule has 0 aliphatic heterocycles. The van der Waals surface area contributed by atoms with E-state index in [1.807, 2.05) is 6.07 Å². The third-order valence-corrected chi connectivity index (χ3v) is 5.09. The fourth-order valence-electron chi connectivity index (χ4n) is 3.37. The molecule has 0 fully saturated rings. The normalized spacial score (nSPS) is 12.5. The van der Waals surface area contributed by atoms with Gasteiger partial charge in [-0.25, -0.2) is 4.79 Å². The van der Waals surface area contributed by atoms with E-state index in [0.29, 0.717) is 30.8 Å². The summed E-state index contributed by atoms with van der Waals surface area (Å²) < 4.78 is 9.74. The predicted octanol–water partition coefficient (Wildman–Crippen LogP) is 2.62. The molecule has 4 N–H and O–H groups in total. The van der Waals surface area contributed by atoms with Gasteiger partial charge in [-0.1, -0.05) is 18.2 Å². The number of nitrogens with one attached hydrogen (secondary N) is 2. The lowest BCUT2D eigenvalue weighted by Gasteiger charge is -2.20. The SMILES string of the molecule is COC(=O)C(C)Nc1ccccc1C(=O)C(CC(=O)O)NCCCc1ccc(OC)c(O)c1. The van der Waals surface area contributed by atoms with Gasteiger partial charge in [0, 0.05) is 11.3 Å². The smallest absolute Gasteiger partial charge is 0.327 e. The zero-order valence-electron chi connectivity index (χ0n) is 19.0. The molecule has 2 rings (SSSR count). The minimum atomic E-state index is -1.10. The van der Waals surface area contributed by atoms with Gasteiger partial charge in [0.05, 0.1) is 26.7 Å². The fourth-order valence-corrected chi connectivity index (χ4v) is 3.37. The molecule has 0 bridgehead atoms. The number of aliphatic carboxylic acids is 1. The molecule has 0 aliphatic carbocycles. The largest absolute Gasteiger partial charge is 0.504 e. The van der Waals surface area contributed by atoms with Crippen molar-refractivity contribution in [3.05, 3.63) is 53.6 Å². The maximum Gasteiger partial charge on any atom is 0.327 e. The van der Waals surface area contributed by atoms with Crippen molar-refractivity contribution in [1.82, 2.24) is 5.32 Å². The Kier molecular flexibility index (Phi) is 9.68. The highest BCUT2D eigenvalue weighted by Gasteiger charge is 2.25. The standard InChI is InChI=1S/C24H30N2O7/c1-15(24(31)33-3)26-18-9-5-4-8-17(18)23(30)19(14-22(28)29)25-12-6-7-16-10-11-21(32-2)20(27)13-16/h4-5,8-11,13,15,19,25-27H,6-7,12,14H2,1-3H3,(H,28,29). The number of anilines is 1. The Morgan fingerprint density at radius 1 is 1.09 bits per heavy atom. The summed E-state index contributed by atoms with van der Waals surface area (Å²) in [5, 5.41) is 25.2. The van der Waals surface area contributed by atoms with E-state index in [1.165, 1.54) is 14.2 Å². The number of hydrogen-bond acceptors (Lipinski definition) is 8. The fraction of sp³-hybridized carbons (Fsp3) is 0.375. The average Bonchev–Trinajstić information content (AvgIpc) is 2.80. The van der Waals surface area contributed by atoms with E-state index in [2.05, 4.69) is 10.6 Å². The molecule has 0 aromatic heterocycles. The number of methoxy groups -OCH3 is 2. The molecule has 2 unspecified atom stereocenters. The summed E-state index contributed by atoms with van der Waals surface area (Å²) in [6, 6.07) is 10.1. The molecule has 2 atom stereocenters. The lowest BCUT2D eigenvalue weighted by atomic mass is 9.99. The maximum absolute atomic E-state index is 13.2. The molecule has 0 saturated carbocycles. The van der Waals surface area contributed by atoms with Crippen LogP contribution in [0, 0.1) is 0 Å². The molecule has 0 heterocycles. The number of hydrogen-bond donors (Lipinski definition) is 4. The van der Waals surface area contributed by atoms with Gasteiger partial charge in [-0.2, -0.15) is 0 Å². The van der Waals surface area contributed by atoms with Crippen molar-refractivity contribution in [2.24, 2.45) is 0 Å². The Balaban J connectivity index is 2.06. The first-order valence-corrected chi connectivity index (χ1v) is 10.6. The third kappa shape index (κ3) is 7.50. The van der Waals surface area contributed by atoms with Gasteiger partial charge in [0.25, 0.3) is 0 Å². The molecule has 178 valence electrons. The minimum Gasteiger partial charge on any atom is -0.504 e. The van der Waals surface area contributed by atoms with Crippen LogP contribution in [0.5, 0.6) is 11.5 Å². The van der Waals surface area contributed by atoms with Crippen molar-refractivity contribution in [1.29, 1.82) is 0 Å². The lowest BCUT2D eigenvalue weighted by molar-refractivity contribution is -0.141. The van der Waals surface area contributed by atoms with Gasteiger partial charge in [-0.15, -0.1) is 0 Å². The number of para-hydroxylation sites is 1. The number of carboxylic acids is 1. The highest BCUT2D eigenvalue weighted by atomic mass is 16.5. The highest BCUT2D eigenvalue weighted by Crippen LogP contribution is 2.26. The van der Waals surface area contributed by atoms with Crippen LogP contribution in [0.1, 0.15) is 35.7 Å². The Labute approximate surface area is 192 Å². The van der Waals surface area contributed by atoms with E-state index in [4.69, 9.17) is 9.47 Å². The first kappa shape index (κ1) is 25.7. The first-order valence-electron chi connectivity index (χ1n) is 10.6. The van der Waals surface area contributed by atoms with Crippen LogP contribution < -0.4 is 15.4 Å². The topological polar surface area (TPSA) is 134 Å². The Hall–Kier alpha value is -3.59. The zero-order valence-corrected chi connectivity index (χ0v) is 19.0. The number of aryl methyl sites for hydroxylation is 1. The number of ether oxygens (including phenoxy) is 2. The first-order chi connectivity index (χ1) is 15.8. The van der Waals surface area contributed by atoms with Gasteiger partial charge in [0.2, 0.25) is 0 Å². The molecule has 9 nitrogen and oxygen atoms in total. The van der Waals surface area contributed by atoms with Crippen molar-refractivity contribution in [3.8, 4) is 11.5 Å². The second-order valence-corrected chi connectivity index (χ2v) is 7.51. The van der Waals surface area contributed by atoms with Crippen molar-refractivity contribution in [3.63, 3.8) is 0 Å². The summed E-state index contributed by atoms with van der Waals surface area (Å²) in [5.74, 6) is -1.54. The molecular formula is C24H30N2O7. The predicted molar refractivity (Wildman–Crippen MR) is 123 cm³/mol. The van der Waals surface area contributed by atoms with Crippen LogP contribution in [0.2, 0.25) is 0 Å². The van der Waals surface area contributed by atoms with Crippen LogP contribution in [0.25, 0.3) is 0 Å². The molecule has 2 aromatic rings. The summed E-state index contributed by atoms with van der Waals surface area (Å²) in [4.78, 5) is 36.3. The van der Waals surface area contributed by atoms with E-state index in [9.17, 15) is 24.6 Å². The van der Waals surface area contributed by atoms with Crippen LogP contribution in [-0.2, 0) is 20.7 Å². The average molecular weight is 459 g/mol. The number of carboxylic acid groups (broad SMARTS) is 1. The molecular weight excluding hydrogens is 428 g/mol. The zero-order chi connectivity index (χ0) is 24.4. The van der Waals surface area contributed by atoms with Crippen molar-refractivity contribution in [2.45, 2.75) is 38.3 Å². The van der Waals surface area contributed by atoms with Crippen molar-refractivity contribution in [2.75, 3.05) is 26.1 Å². The van der Waals surface area contributed by atoms with Crippen LogP contribution in [-0.4, -0.2) is 60.8 Å². The molecule has 9 heteroatoms. The molecule has 0 spiro atoms. The molecule has 33 heavy (non-hydrogen) atoms. The number of esters is 1. The van der Waals surface area contributed by atoms with Gasteiger partial charge >= 0.3 is 11.9 Å². The van der Waals surface area contributed by atoms with Crippen LogP contribution in [0.15, 0.2) is 42.5 Å². The molecule has 0 radical (unpaired) electrons. The highest BCUT2D eigenvalue weighted by molar-refractivity contribution is 6.06. The summed E-state index contributed by atoms with van der Waals surface area (Å²) in [5.41, 5.74) is 1.60. The van der Waals surface area contributed by atoms with Crippen LogP contribution in [0.4, 0.5) is 5.69 Å². The Bertz CT molecular complexity index is 977. The number of Topliss-reactive ketones (excluding diaryl/α,β-unsaturated/α-hetero) is 1. The molecule has 2 aromatic carbocycles. The van der Waals surface area contributed by atoms with Gasteiger partial charge in [0.1, 0.15) is 6.04 Å². The van der Waals surface area contributed by atoms with Crippen LogP contribution >= 0.6 is 0 Å². The Morgan fingerprint density at radius 3 is 2.45 bits per heavy atom. The van der Waals surface area contributed by atoms with Crippen molar-refractivity contribution >= 4 is 23.4 Å². The van der Waals surface area contributed by atoms with E-state index < -0.39 is 24.0 Å². The minimum absolute atomic E-state index is 0.0483. The van der Waals surface area contributed by atoms with Gasteiger partial charge < -0.3 is 30.3 Å². The number of ketones is 1. The van der Waals surface area contributed by atoms with Crippen molar-refractivity contribution < 1.29 is 34.1 Å². The number of aromatic hydroxyl groups is 1. The lowest BCUT2D eigenvalue weighted by Crippen LogP contribution is -2.40. The summed E-state index contributed by atoms with van der Waals surface area (Å²) in [7, 11) is 2.75. The number of carbonyl (C=O) groups is 3. The van der Waals surface area contributed by atoms with Gasteiger partial charge in [0.15, 0.2) is 17.3 Å². The second kappa shape index (κ2) is 12.4. The summed E-state index contributed by atoms with van der Waals surface area (Å²) in [6.07, 6.45) is 0.852. The number of rotatable bonds is 13. The van der Waals surface area contributed by atoms with Gasteiger partial charge in [-0.05, 0) is 56.1 Å². The number of phenolic OH excluding ortho intramolecular Hbond substituents is 1. The number of benzene rings is 2. The second-order valence-electron chi connectivity index (χ2n) is 7.51. The Morgan fingerprint density at radius 2 is 1.82 bits per heavy atom. The molecule has 0 amide bonds.